The number of fused-ring (bicyclic) bond motifs is 1. The van der Waals surface area contributed by atoms with Crippen molar-refractivity contribution in [2.75, 3.05) is 0 Å². The molecule has 0 nitrogen and oxygen atoms in total. The van der Waals surface area contributed by atoms with E-state index in [1.54, 1.807) is 11.1 Å². The second-order valence-corrected chi connectivity index (χ2v) is 6.36. The first-order valence-electron chi connectivity index (χ1n) is 8.83. The van der Waals surface area contributed by atoms with Crippen LogP contribution in [0.2, 0.25) is 0 Å². The van der Waals surface area contributed by atoms with E-state index in [9.17, 15) is 0 Å². The molecule has 1 aromatic carbocycles. The Morgan fingerprint density at radius 3 is 1.40 bits per heavy atom. The van der Waals surface area contributed by atoms with Crippen molar-refractivity contribution in [3.8, 4) is 0 Å². The largest absolute Gasteiger partial charge is 0.0656 e. The van der Waals surface area contributed by atoms with E-state index < -0.39 is 0 Å². The van der Waals surface area contributed by atoms with Crippen molar-refractivity contribution in [1.82, 2.24) is 0 Å². The molecule has 0 aliphatic heterocycles. The van der Waals surface area contributed by atoms with Gasteiger partial charge in [-0.2, -0.15) is 0 Å². The standard InChI is InChI=1S/C14H18.2C3H8/c1-2-4-12-6-8-13(14-9-10-14)7-5-11(12)3-1;2*1-3-2/h1-4,13-14H,5-10H2;2*3H2,1-2H3. The Hall–Kier alpha value is -0.780. The van der Waals surface area contributed by atoms with Gasteiger partial charge in [0.15, 0.2) is 0 Å². The second kappa shape index (κ2) is 10.0. The van der Waals surface area contributed by atoms with E-state index in [0.717, 1.165) is 11.8 Å². The molecule has 0 heterocycles. The zero-order valence-corrected chi connectivity index (χ0v) is 14.1. The van der Waals surface area contributed by atoms with Gasteiger partial charge < -0.3 is 0 Å². The lowest BCUT2D eigenvalue weighted by atomic mass is 9.94. The van der Waals surface area contributed by atoms with Gasteiger partial charge in [-0.25, -0.2) is 0 Å². The number of aryl methyl sites for hydroxylation is 2. The van der Waals surface area contributed by atoms with Gasteiger partial charge in [0, 0.05) is 0 Å². The summed E-state index contributed by atoms with van der Waals surface area (Å²) in [5.74, 6) is 2.15. The zero-order valence-electron chi connectivity index (χ0n) is 14.1. The molecule has 3 rings (SSSR count). The molecule has 0 radical (unpaired) electrons. The molecule has 0 atom stereocenters. The maximum atomic E-state index is 2.32. The zero-order chi connectivity index (χ0) is 14.8. The Balaban J connectivity index is 0.000000290. The summed E-state index contributed by atoms with van der Waals surface area (Å²) in [6, 6.07) is 9.03. The van der Waals surface area contributed by atoms with Crippen LogP contribution in [-0.4, -0.2) is 0 Å². The molecule has 114 valence electrons. The van der Waals surface area contributed by atoms with E-state index in [-0.39, 0.29) is 0 Å². The van der Waals surface area contributed by atoms with Gasteiger partial charge in [0.05, 0.1) is 0 Å². The molecule has 0 amide bonds. The van der Waals surface area contributed by atoms with E-state index in [1.165, 1.54) is 51.4 Å². The molecule has 2 aliphatic carbocycles. The van der Waals surface area contributed by atoms with Gasteiger partial charge >= 0.3 is 0 Å². The Morgan fingerprint density at radius 2 is 1.05 bits per heavy atom. The molecular weight excluding hydrogens is 240 g/mol. The van der Waals surface area contributed by atoms with Crippen molar-refractivity contribution in [3.05, 3.63) is 35.4 Å². The molecule has 1 saturated carbocycles. The minimum Gasteiger partial charge on any atom is -0.0656 e. The van der Waals surface area contributed by atoms with Gasteiger partial charge in [-0.05, 0) is 61.5 Å². The average molecular weight is 274 g/mol. The first kappa shape index (κ1) is 17.3. The van der Waals surface area contributed by atoms with Crippen LogP contribution >= 0.6 is 0 Å². The van der Waals surface area contributed by atoms with Gasteiger partial charge in [0.25, 0.3) is 0 Å². The molecule has 0 unspecified atom stereocenters. The van der Waals surface area contributed by atoms with Crippen LogP contribution in [-0.2, 0) is 12.8 Å². The fourth-order valence-corrected chi connectivity index (χ4v) is 2.91. The molecule has 2 aliphatic rings. The first-order valence-corrected chi connectivity index (χ1v) is 8.83. The van der Waals surface area contributed by atoms with Crippen LogP contribution in [0.4, 0.5) is 0 Å². The smallest absolute Gasteiger partial charge is 0.0273 e. The van der Waals surface area contributed by atoms with E-state index in [0.29, 0.717) is 0 Å². The number of benzene rings is 1. The number of hydrogen-bond acceptors (Lipinski definition) is 0. The Kier molecular flexibility index (Phi) is 8.65. The van der Waals surface area contributed by atoms with Crippen LogP contribution in [0.5, 0.6) is 0 Å². The lowest BCUT2D eigenvalue weighted by Gasteiger charge is -2.11. The SMILES string of the molecule is CCC.CCC.c1ccc2c(c1)CCC(C1CC1)CC2. The van der Waals surface area contributed by atoms with E-state index in [2.05, 4.69) is 52.0 Å². The summed E-state index contributed by atoms with van der Waals surface area (Å²) < 4.78 is 0. The van der Waals surface area contributed by atoms with Crippen LogP contribution in [0.1, 0.15) is 77.3 Å². The van der Waals surface area contributed by atoms with Crippen molar-refractivity contribution in [2.45, 2.75) is 79.1 Å². The number of rotatable bonds is 1. The molecule has 20 heavy (non-hydrogen) atoms. The summed E-state index contributed by atoms with van der Waals surface area (Å²) >= 11 is 0. The van der Waals surface area contributed by atoms with Crippen LogP contribution in [0.25, 0.3) is 0 Å². The molecule has 0 bridgehead atoms. The molecule has 0 saturated heterocycles. The van der Waals surface area contributed by atoms with Crippen molar-refractivity contribution in [1.29, 1.82) is 0 Å². The maximum Gasteiger partial charge on any atom is -0.0273 e. The predicted molar refractivity (Wildman–Crippen MR) is 91.2 cm³/mol. The van der Waals surface area contributed by atoms with E-state index >= 15 is 0 Å². The first-order chi connectivity index (χ1) is 9.76. The third-order valence-corrected chi connectivity index (χ3v) is 3.98. The van der Waals surface area contributed by atoms with Crippen LogP contribution in [0.15, 0.2) is 24.3 Å². The minimum absolute atomic E-state index is 1.04. The fourth-order valence-electron chi connectivity index (χ4n) is 2.91. The quantitative estimate of drug-likeness (QED) is 0.518. The maximum absolute atomic E-state index is 2.32. The topological polar surface area (TPSA) is 0 Å². The summed E-state index contributed by atoms with van der Waals surface area (Å²) in [5, 5.41) is 0. The van der Waals surface area contributed by atoms with Gasteiger partial charge in [-0.3, -0.25) is 0 Å². The molecule has 1 fully saturated rings. The Bertz CT molecular complexity index is 320. The number of hydrogen-bond donors (Lipinski definition) is 0. The van der Waals surface area contributed by atoms with E-state index in [1.807, 2.05) is 0 Å². The highest BCUT2D eigenvalue weighted by Crippen LogP contribution is 2.42. The van der Waals surface area contributed by atoms with Gasteiger partial charge in [-0.15, -0.1) is 0 Å². The normalized spacial score (nSPS) is 17.8. The van der Waals surface area contributed by atoms with E-state index in [4.69, 9.17) is 0 Å². The molecule has 0 heteroatoms. The Labute approximate surface area is 127 Å². The second-order valence-electron chi connectivity index (χ2n) is 6.36. The van der Waals surface area contributed by atoms with Gasteiger partial charge in [0.1, 0.15) is 0 Å². The molecule has 0 N–H and O–H groups in total. The third-order valence-electron chi connectivity index (χ3n) is 3.98. The van der Waals surface area contributed by atoms with Crippen molar-refractivity contribution in [3.63, 3.8) is 0 Å². The molecular formula is C20H34. The van der Waals surface area contributed by atoms with Crippen molar-refractivity contribution >= 4 is 0 Å². The summed E-state index contributed by atoms with van der Waals surface area (Å²) in [6.45, 7) is 8.50. The average Bonchev–Trinajstić information content (AvgIpc) is 3.26. The summed E-state index contributed by atoms with van der Waals surface area (Å²) in [4.78, 5) is 0. The highest BCUT2D eigenvalue weighted by Gasteiger charge is 2.31. The summed E-state index contributed by atoms with van der Waals surface area (Å²) in [5.41, 5.74) is 3.24. The van der Waals surface area contributed by atoms with Crippen LogP contribution in [0, 0.1) is 11.8 Å². The fraction of sp³-hybridized carbons (Fsp3) is 0.700. The summed E-state index contributed by atoms with van der Waals surface area (Å²) in [6.07, 6.45) is 11.1. The van der Waals surface area contributed by atoms with Crippen molar-refractivity contribution in [2.24, 2.45) is 11.8 Å². The van der Waals surface area contributed by atoms with Crippen LogP contribution < -0.4 is 0 Å². The Morgan fingerprint density at radius 1 is 0.700 bits per heavy atom. The minimum atomic E-state index is 1.04. The molecule has 0 aromatic heterocycles. The monoisotopic (exact) mass is 274 g/mol. The van der Waals surface area contributed by atoms with Gasteiger partial charge in [-0.1, -0.05) is 64.8 Å². The van der Waals surface area contributed by atoms with Crippen LogP contribution in [0.3, 0.4) is 0 Å². The lowest BCUT2D eigenvalue weighted by Crippen LogP contribution is -2.02. The van der Waals surface area contributed by atoms with Crippen molar-refractivity contribution < 1.29 is 0 Å². The predicted octanol–water partition coefficient (Wildman–Crippen LogP) is 6.42. The summed E-state index contributed by atoms with van der Waals surface area (Å²) in [7, 11) is 0. The van der Waals surface area contributed by atoms with Gasteiger partial charge in [0.2, 0.25) is 0 Å². The highest BCUT2D eigenvalue weighted by molar-refractivity contribution is 5.28. The highest BCUT2D eigenvalue weighted by atomic mass is 14.4. The molecule has 1 aromatic rings. The lowest BCUT2D eigenvalue weighted by molar-refractivity contribution is 0.410. The third kappa shape index (κ3) is 6.11. The molecule has 0 spiro atoms.